The third-order valence-electron chi connectivity index (χ3n) is 4.14. The van der Waals surface area contributed by atoms with Crippen LogP contribution in [-0.4, -0.2) is 49.1 Å². The summed E-state index contributed by atoms with van der Waals surface area (Å²) in [4.78, 5) is 4.49. The Morgan fingerprint density at radius 3 is 2.59 bits per heavy atom. The van der Waals surface area contributed by atoms with E-state index in [1.807, 2.05) is 19.1 Å². The van der Waals surface area contributed by atoms with Crippen molar-refractivity contribution < 1.29 is 13.2 Å². The third-order valence-corrected chi connectivity index (χ3v) is 6.30. The first-order valence-electron chi connectivity index (χ1n) is 8.59. The quantitative estimate of drug-likeness (QED) is 0.734. The molecule has 0 unspecified atom stereocenters. The third kappa shape index (κ3) is 5.23. The maximum atomic E-state index is 12.6. The van der Waals surface area contributed by atoms with E-state index >= 15 is 0 Å². The highest BCUT2D eigenvalue weighted by Crippen LogP contribution is 2.17. The van der Waals surface area contributed by atoms with E-state index in [9.17, 15) is 8.42 Å². The number of aromatic nitrogens is 1. The Balaban J connectivity index is 1.56. The molecule has 9 heteroatoms. The van der Waals surface area contributed by atoms with E-state index in [1.165, 1.54) is 4.31 Å². The van der Waals surface area contributed by atoms with Crippen molar-refractivity contribution >= 4 is 33.2 Å². The highest BCUT2D eigenvalue weighted by Gasteiger charge is 2.25. The van der Waals surface area contributed by atoms with Crippen LogP contribution in [0, 0.1) is 6.92 Å². The zero-order valence-corrected chi connectivity index (χ0v) is 16.6. The number of nitrogens with zero attached hydrogens (tertiary/aromatic N) is 2. The van der Waals surface area contributed by atoms with Gasteiger partial charge >= 0.3 is 0 Å². The predicted molar refractivity (Wildman–Crippen MR) is 108 cm³/mol. The summed E-state index contributed by atoms with van der Waals surface area (Å²) in [5, 5.41) is 6.58. The first kappa shape index (κ1) is 19.7. The van der Waals surface area contributed by atoms with Crippen LogP contribution in [0.1, 0.15) is 11.1 Å². The Kier molecular flexibility index (Phi) is 6.38. The standard InChI is InChI=1S/C18H22N4O3S2/c1-14-6-7-19-17(12-14)21-18(26)20-13-15-2-4-16(5-3-15)27(23,24)22-8-10-25-11-9-22/h2-7,12H,8-11,13H2,1H3,(H2,19,20,21,26). The lowest BCUT2D eigenvalue weighted by Crippen LogP contribution is -2.40. The van der Waals surface area contributed by atoms with Crippen LogP contribution < -0.4 is 10.6 Å². The monoisotopic (exact) mass is 406 g/mol. The number of benzene rings is 1. The molecule has 2 N–H and O–H groups in total. The van der Waals surface area contributed by atoms with E-state index < -0.39 is 10.0 Å². The maximum absolute atomic E-state index is 12.6. The van der Waals surface area contributed by atoms with Crippen molar-refractivity contribution in [3.05, 3.63) is 53.7 Å². The Labute approximate surface area is 164 Å². The normalized spacial score (nSPS) is 15.3. The van der Waals surface area contributed by atoms with Crippen molar-refractivity contribution in [3.63, 3.8) is 0 Å². The van der Waals surface area contributed by atoms with Gasteiger partial charge in [-0.3, -0.25) is 0 Å². The number of aryl methyl sites for hydroxylation is 1. The molecule has 0 radical (unpaired) electrons. The van der Waals surface area contributed by atoms with Crippen molar-refractivity contribution in [3.8, 4) is 0 Å². The number of hydrogen-bond acceptors (Lipinski definition) is 5. The van der Waals surface area contributed by atoms with Crippen LogP contribution in [0.3, 0.4) is 0 Å². The molecule has 1 aromatic carbocycles. The van der Waals surface area contributed by atoms with Gasteiger partial charge in [0.05, 0.1) is 18.1 Å². The predicted octanol–water partition coefficient (Wildman–Crippen LogP) is 1.90. The number of sulfonamides is 1. The summed E-state index contributed by atoms with van der Waals surface area (Å²) < 4.78 is 31.9. The summed E-state index contributed by atoms with van der Waals surface area (Å²) in [5.41, 5.74) is 2.02. The van der Waals surface area contributed by atoms with Crippen LogP contribution in [0.15, 0.2) is 47.5 Å². The average molecular weight is 407 g/mol. The highest BCUT2D eigenvalue weighted by molar-refractivity contribution is 7.89. The molecule has 2 heterocycles. The van der Waals surface area contributed by atoms with Gasteiger partial charge in [0.25, 0.3) is 0 Å². The Morgan fingerprint density at radius 2 is 1.93 bits per heavy atom. The Hall–Kier alpha value is -2.07. The molecule has 3 rings (SSSR count). The van der Waals surface area contributed by atoms with Gasteiger partial charge < -0.3 is 15.4 Å². The van der Waals surface area contributed by atoms with Crippen LogP contribution in [-0.2, 0) is 21.3 Å². The fourth-order valence-electron chi connectivity index (χ4n) is 2.66. The summed E-state index contributed by atoms with van der Waals surface area (Å²) in [6.45, 7) is 4.10. The van der Waals surface area contributed by atoms with E-state index in [-0.39, 0.29) is 4.90 Å². The molecule has 1 fully saturated rings. The van der Waals surface area contributed by atoms with Crippen molar-refractivity contribution in [2.45, 2.75) is 18.4 Å². The number of rotatable bonds is 5. The lowest BCUT2D eigenvalue weighted by Gasteiger charge is -2.26. The highest BCUT2D eigenvalue weighted by atomic mass is 32.2. The van der Waals surface area contributed by atoms with Gasteiger partial charge in [-0.1, -0.05) is 12.1 Å². The minimum Gasteiger partial charge on any atom is -0.379 e. The number of anilines is 1. The fraction of sp³-hybridized carbons (Fsp3) is 0.333. The SMILES string of the molecule is Cc1ccnc(NC(=S)NCc2ccc(S(=O)(=O)N3CCOCC3)cc2)c1. The molecule has 0 atom stereocenters. The summed E-state index contributed by atoms with van der Waals surface area (Å²) >= 11 is 5.27. The molecule has 0 saturated carbocycles. The molecule has 27 heavy (non-hydrogen) atoms. The molecule has 144 valence electrons. The number of hydrogen-bond donors (Lipinski definition) is 2. The average Bonchev–Trinajstić information content (AvgIpc) is 2.67. The molecular weight excluding hydrogens is 384 g/mol. The maximum Gasteiger partial charge on any atom is 0.243 e. The second kappa shape index (κ2) is 8.75. The minimum atomic E-state index is -3.47. The van der Waals surface area contributed by atoms with Crippen molar-refractivity contribution in [2.24, 2.45) is 0 Å². The van der Waals surface area contributed by atoms with E-state index in [2.05, 4.69) is 15.6 Å². The summed E-state index contributed by atoms with van der Waals surface area (Å²) in [7, 11) is -3.47. The number of morpholine rings is 1. The van der Waals surface area contributed by atoms with Crippen LogP contribution in [0.25, 0.3) is 0 Å². The molecule has 1 aliphatic heterocycles. The molecule has 2 aromatic rings. The molecule has 0 aliphatic carbocycles. The summed E-state index contributed by atoms with van der Waals surface area (Å²) in [5.74, 6) is 0.680. The molecular formula is C18H22N4O3S2. The van der Waals surface area contributed by atoms with Crippen molar-refractivity contribution in [2.75, 3.05) is 31.6 Å². The van der Waals surface area contributed by atoms with Crippen molar-refractivity contribution in [1.29, 1.82) is 0 Å². The van der Waals surface area contributed by atoms with Crippen LogP contribution in [0.5, 0.6) is 0 Å². The van der Waals surface area contributed by atoms with E-state index in [0.717, 1.165) is 11.1 Å². The van der Waals surface area contributed by atoms with Gasteiger partial charge in [0.2, 0.25) is 10.0 Å². The molecule has 1 saturated heterocycles. The van der Waals surface area contributed by atoms with Crippen molar-refractivity contribution in [1.82, 2.24) is 14.6 Å². The number of nitrogens with one attached hydrogen (secondary N) is 2. The second-order valence-corrected chi connectivity index (χ2v) is 8.53. The Morgan fingerprint density at radius 1 is 1.22 bits per heavy atom. The van der Waals surface area contributed by atoms with Gasteiger partial charge in [-0.25, -0.2) is 13.4 Å². The molecule has 1 aromatic heterocycles. The van der Waals surface area contributed by atoms with Crippen LogP contribution in [0.2, 0.25) is 0 Å². The summed E-state index contributed by atoms with van der Waals surface area (Å²) in [6.07, 6.45) is 1.72. The van der Waals surface area contributed by atoms with Crippen LogP contribution in [0.4, 0.5) is 5.82 Å². The van der Waals surface area contributed by atoms with Gasteiger partial charge in [0, 0.05) is 25.8 Å². The number of ether oxygens (including phenoxy) is 1. The van der Waals surface area contributed by atoms with E-state index in [1.54, 1.807) is 30.5 Å². The summed E-state index contributed by atoms with van der Waals surface area (Å²) in [6, 6.07) is 10.6. The first-order chi connectivity index (χ1) is 12.9. The lowest BCUT2D eigenvalue weighted by atomic mass is 10.2. The number of pyridine rings is 1. The van der Waals surface area contributed by atoms with E-state index in [4.69, 9.17) is 17.0 Å². The van der Waals surface area contributed by atoms with Gasteiger partial charge in [-0.15, -0.1) is 0 Å². The first-order valence-corrected chi connectivity index (χ1v) is 10.4. The largest absolute Gasteiger partial charge is 0.379 e. The molecule has 1 aliphatic rings. The van der Waals surface area contributed by atoms with Crippen LogP contribution >= 0.6 is 12.2 Å². The van der Waals surface area contributed by atoms with Gasteiger partial charge in [0.15, 0.2) is 5.11 Å². The second-order valence-electron chi connectivity index (χ2n) is 6.19. The molecule has 0 bridgehead atoms. The van der Waals surface area contributed by atoms with Gasteiger partial charge in [0.1, 0.15) is 5.82 Å². The molecule has 0 amide bonds. The fourth-order valence-corrected chi connectivity index (χ4v) is 4.25. The molecule has 7 nitrogen and oxygen atoms in total. The molecule has 0 spiro atoms. The number of thiocarbonyl (C=S) groups is 1. The van der Waals surface area contributed by atoms with Gasteiger partial charge in [-0.2, -0.15) is 4.31 Å². The smallest absolute Gasteiger partial charge is 0.243 e. The zero-order valence-electron chi connectivity index (χ0n) is 15.0. The minimum absolute atomic E-state index is 0.290. The van der Waals surface area contributed by atoms with Gasteiger partial charge in [-0.05, 0) is 54.5 Å². The lowest BCUT2D eigenvalue weighted by molar-refractivity contribution is 0.0730. The zero-order chi connectivity index (χ0) is 19.3. The van der Waals surface area contributed by atoms with E-state index in [0.29, 0.717) is 43.8 Å². The topological polar surface area (TPSA) is 83.6 Å². The Bertz CT molecular complexity index is 895.